The lowest BCUT2D eigenvalue weighted by molar-refractivity contribution is 0.104. The molecule has 56 heavy (non-hydrogen) atoms. The lowest BCUT2D eigenvalue weighted by Gasteiger charge is -2.27. The van der Waals surface area contributed by atoms with Crippen molar-refractivity contribution in [1.29, 1.82) is 0 Å². The highest BCUT2D eigenvalue weighted by Crippen LogP contribution is 2.43. The molecule has 8 rings (SSSR count). The van der Waals surface area contributed by atoms with Gasteiger partial charge in [-0.2, -0.15) is 31.8 Å². The minimum Gasteiger partial charge on any atom is -0.508 e. The number of aromatic nitrogens is 4. The predicted molar refractivity (Wildman–Crippen MR) is 205 cm³/mol. The van der Waals surface area contributed by atoms with Crippen molar-refractivity contribution >= 4 is 77.5 Å². The number of hydrogen-bond acceptors (Lipinski definition) is 15. The largest absolute Gasteiger partial charge is 0.508 e. The Bertz CT molecular complexity index is 2920. The molecule has 2 aromatic heterocycles. The summed E-state index contributed by atoms with van der Waals surface area (Å²) in [7, 11) is -8.05. The Balaban J connectivity index is 1.22. The molecule has 0 bridgehead atoms. The van der Waals surface area contributed by atoms with Crippen LogP contribution in [-0.2, 0) is 32.0 Å². The number of rotatable bonds is 9. The summed E-state index contributed by atoms with van der Waals surface area (Å²) in [5, 5.41) is 19.1. The fourth-order valence-electron chi connectivity index (χ4n) is 6.69. The maximum atomic E-state index is 14.1. The Morgan fingerprint density at radius 1 is 0.696 bits per heavy atom. The number of ketones is 1. The first-order valence-electron chi connectivity index (χ1n) is 16.8. The number of aryl methyl sites for hydroxylation is 1. The first kappa shape index (κ1) is 36.5. The van der Waals surface area contributed by atoms with Gasteiger partial charge in [0.15, 0.2) is 5.78 Å². The predicted octanol–water partition coefficient (Wildman–Crippen LogP) is 4.20. The highest BCUT2D eigenvalue weighted by atomic mass is 32.2. The van der Waals surface area contributed by atoms with Gasteiger partial charge in [0, 0.05) is 48.9 Å². The number of carbonyl (C=O) groups is 1. The number of pyridine rings is 1. The average molecular weight is 799 g/mol. The lowest BCUT2D eigenvalue weighted by atomic mass is 9.83. The fraction of sp³-hybridized carbons (Fsp3) is 0.139. The molecular formula is C36H30N8O10S2. The van der Waals surface area contributed by atoms with E-state index in [-0.39, 0.29) is 57.5 Å². The van der Waals surface area contributed by atoms with Crippen LogP contribution in [0.3, 0.4) is 0 Å². The molecule has 2 aliphatic rings. The van der Waals surface area contributed by atoms with Crippen LogP contribution in [-0.4, -0.2) is 82.7 Å². The van der Waals surface area contributed by atoms with Crippen molar-refractivity contribution in [1.82, 2.24) is 19.5 Å². The summed E-state index contributed by atoms with van der Waals surface area (Å²) in [4.78, 5) is 41.0. The van der Waals surface area contributed by atoms with E-state index in [2.05, 4.69) is 30.9 Å². The molecule has 20 heteroatoms. The van der Waals surface area contributed by atoms with Gasteiger partial charge in [-0.25, -0.2) is 0 Å². The number of hydrogen-bond donors (Lipinski definition) is 6. The summed E-state index contributed by atoms with van der Waals surface area (Å²) in [5.74, 6) is -0.866. The zero-order valence-corrected chi connectivity index (χ0v) is 30.7. The van der Waals surface area contributed by atoms with Crippen LogP contribution >= 0.6 is 0 Å². The number of phenols is 1. The van der Waals surface area contributed by atoms with E-state index in [1.807, 2.05) is 0 Å². The zero-order chi connectivity index (χ0) is 39.5. The standard InChI is InChI=1S/C36H30N8O10S2/c1-43-27-10-9-25(32-31(27)23(18-30(43)46)21-4-2-3-5-22(21)33(32)47)38-26-16-19(6-11-28(26)55(48,49)50)37-34-40-35(42-36(41-34)44-12-14-54-15-13-44)39-24-8-7-20(45)17-29(24)56(51,52)53/h2-11,16-18,38,45H,12-15H2,1H3,(H,48,49,50)(H,51,52,53)(H2,37,39,40,41,42). The summed E-state index contributed by atoms with van der Waals surface area (Å²) < 4.78 is 76.5. The molecule has 0 saturated carbocycles. The normalized spacial score (nSPS) is 14.1. The molecule has 1 fully saturated rings. The Labute approximate surface area is 318 Å². The summed E-state index contributed by atoms with van der Waals surface area (Å²) in [6, 6.07) is 18.6. The van der Waals surface area contributed by atoms with Gasteiger partial charge in [0.2, 0.25) is 17.8 Å². The summed E-state index contributed by atoms with van der Waals surface area (Å²) in [6.07, 6.45) is 0. The second kappa shape index (κ2) is 13.7. The van der Waals surface area contributed by atoms with E-state index in [1.54, 1.807) is 48.3 Å². The Morgan fingerprint density at radius 2 is 1.38 bits per heavy atom. The molecule has 0 spiro atoms. The first-order chi connectivity index (χ1) is 26.7. The van der Waals surface area contributed by atoms with Crippen molar-refractivity contribution in [2.45, 2.75) is 9.79 Å². The monoisotopic (exact) mass is 798 g/mol. The number of nitrogens with one attached hydrogen (secondary N) is 3. The van der Waals surface area contributed by atoms with Crippen molar-refractivity contribution < 1.29 is 40.6 Å². The molecule has 1 aliphatic carbocycles. The molecule has 1 saturated heterocycles. The number of ether oxygens (including phenoxy) is 1. The van der Waals surface area contributed by atoms with E-state index < -0.39 is 35.8 Å². The van der Waals surface area contributed by atoms with Gasteiger partial charge in [0.05, 0.1) is 41.4 Å². The third-order valence-electron chi connectivity index (χ3n) is 9.29. The van der Waals surface area contributed by atoms with Crippen LogP contribution in [0.1, 0.15) is 15.9 Å². The molecule has 286 valence electrons. The van der Waals surface area contributed by atoms with Gasteiger partial charge < -0.3 is 35.3 Å². The number of anilines is 7. The van der Waals surface area contributed by atoms with E-state index in [4.69, 9.17) is 4.74 Å². The SMILES string of the molecule is Cn1c(=O)cc2c3c(c(Nc4cc(Nc5nc(Nc6ccc(O)cc6S(=O)(=O)O)nc(N6CCOCC6)n5)ccc4S(=O)(=O)O)ccc31)C(=O)c1ccccc1-2. The van der Waals surface area contributed by atoms with Gasteiger partial charge in [-0.3, -0.25) is 18.7 Å². The number of nitrogens with zero attached hydrogens (tertiary/aromatic N) is 5. The van der Waals surface area contributed by atoms with Crippen LogP contribution in [0.2, 0.25) is 0 Å². The minimum absolute atomic E-state index is 0.0835. The van der Waals surface area contributed by atoms with E-state index in [0.29, 0.717) is 53.9 Å². The summed E-state index contributed by atoms with van der Waals surface area (Å²) >= 11 is 0. The third kappa shape index (κ3) is 6.75. The number of benzene rings is 4. The van der Waals surface area contributed by atoms with Crippen molar-refractivity contribution in [3.05, 3.63) is 100 Å². The number of morpholine rings is 1. The quantitative estimate of drug-likeness (QED) is 0.0883. The second-order valence-electron chi connectivity index (χ2n) is 12.8. The van der Waals surface area contributed by atoms with Crippen LogP contribution in [0.5, 0.6) is 5.75 Å². The topological polar surface area (TPSA) is 255 Å². The van der Waals surface area contributed by atoms with Gasteiger partial charge in [-0.1, -0.05) is 24.3 Å². The van der Waals surface area contributed by atoms with Crippen LogP contribution < -0.4 is 26.4 Å². The molecule has 1 aliphatic heterocycles. The zero-order valence-electron chi connectivity index (χ0n) is 29.1. The van der Waals surface area contributed by atoms with Crippen LogP contribution in [0.15, 0.2) is 93.4 Å². The Kier molecular flexibility index (Phi) is 8.93. The van der Waals surface area contributed by atoms with Crippen molar-refractivity contribution in [3.63, 3.8) is 0 Å². The van der Waals surface area contributed by atoms with Crippen molar-refractivity contribution in [3.8, 4) is 16.9 Å². The maximum absolute atomic E-state index is 14.1. The second-order valence-corrected chi connectivity index (χ2v) is 15.6. The minimum atomic E-state index is -4.83. The molecule has 6 aromatic rings. The number of carbonyl (C=O) groups excluding carboxylic acids is 1. The highest BCUT2D eigenvalue weighted by molar-refractivity contribution is 7.86. The number of phenolic OH excluding ortho intramolecular Hbond substituents is 1. The molecule has 3 heterocycles. The molecule has 4 aromatic carbocycles. The molecule has 0 radical (unpaired) electrons. The molecule has 0 amide bonds. The van der Waals surface area contributed by atoms with E-state index in [9.17, 15) is 40.6 Å². The first-order valence-corrected chi connectivity index (χ1v) is 19.7. The van der Waals surface area contributed by atoms with Gasteiger partial charge >= 0.3 is 0 Å². The molecule has 0 unspecified atom stereocenters. The van der Waals surface area contributed by atoms with Crippen LogP contribution in [0, 0.1) is 0 Å². The van der Waals surface area contributed by atoms with Crippen molar-refractivity contribution in [2.75, 3.05) is 47.2 Å². The van der Waals surface area contributed by atoms with E-state index >= 15 is 0 Å². The van der Waals surface area contributed by atoms with Crippen LogP contribution in [0.25, 0.3) is 22.0 Å². The summed E-state index contributed by atoms with van der Waals surface area (Å²) in [5.41, 5.74) is 1.97. The van der Waals surface area contributed by atoms with Crippen molar-refractivity contribution in [2.24, 2.45) is 7.05 Å². The number of aromatic hydroxyl groups is 1. The lowest BCUT2D eigenvalue weighted by Crippen LogP contribution is -2.37. The average Bonchev–Trinajstić information content (AvgIpc) is 3.16. The van der Waals surface area contributed by atoms with Gasteiger partial charge in [0.1, 0.15) is 15.5 Å². The van der Waals surface area contributed by atoms with E-state index in [0.717, 1.165) is 12.1 Å². The molecule has 0 atom stereocenters. The fourth-order valence-corrected chi connectivity index (χ4v) is 7.99. The molecule has 18 nitrogen and oxygen atoms in total. The van der Waals surface area contributed by atoms with Gasteiger partial charge in [0.25, 0.3) is 25.8 Å². The summed E-state index contributed by atoms with van der Waals surface area (Å²) in [6.45, 7) is 1.55. The Hall–Kier alpha value is -6.45. The van der Waals surface area contributed by atoms with Gasteiger partial charge in [-0.05, 0) is 53.6 Å². The Morgan fingerprint density at radius 3 is 2.09 bits per heavy atom. The van der Waals surface area contributed by atoms with E-state index in [1.165, 1.54) is 34.9 Å². The van der Waals surface area contributed by atoms with Gasteiger partial charge in [-0.15, -0.1) is 0 Å². The molecular weight excluding hydrogens is 769 g/mol. The third-order valence-corrected chi connectivity index (χ3v) is 11.1. The number of fused-ring (bicyclic) bond motifs is 2. The highest BCUT2D eigenvalue weighted by Gasteiger charge is 2.30. The van der Waals surface area contributed by atoms with Crippen LogP contribution in [0.4, 0.5) is 40.6 Å². The maximum Gasteiger partial charge on any atom is 0.296 e. The molecule has 6 N–H and O–H groups in total. The smallest absolute Gasteiger partial charge is 0.296 e.